The second-order valence-corrected chi connectivity index (χ2v) is 9.09. The summed E-state index contributed by atoms with van der Waals surface area (Å²) in [5.41, 5.74) is 3.67. The lowest BCUT2D eigenvalue weighted by Crippen LogP contribution is -2.39. The lowest BCUT2D eigenvalue weighted by molar-refractivity contribution is 0.155. The summed E-state index contributed by atoms with van der Waals surface area (Å²) in [6, 6.07) is 13.5. The van der Waals surface area contributed by atoms with Crippen LogP contribution in [0.25, 0.3) is 0 Å². The molecule has 164 valence electrons. The van der Waals surface area contributed by atoms with Gasteiger partial charge in [0.1, 0.15) is 11.5 Å². The van der Waals surface area contributed by atoms with E-state index in [1.54, 1.807) is 18.2 Å². The monoisotopic (exact) mass is 410 g/mol. The molecule has 2 aromatic rings. The van der Waals surface area contributed by atoms with Crippen LogP contribution in [0.2, 0.25) is 0 Å². The Hall–Kier alpha value is -2.04. The minimum absolute atomic E-state index is 0.339. The maximum absolute atomic E-state index is 10.0. The van der Waals surface area contributed by atoms with Crippen LogP contribution < -0.4 is 0 Å². The van der Waals surface area contributed by atoms with Gasteiger partial charge in [0.25, 0.3) is 0 Å². The Morgan fingerprint density at radius 3 is 2.50 bits per heavy atom. The van der Waals surface area contributed by atoms with Crippen molar-refractivity contribution in [1.29, 1.82) is 0 Å². The molecule has 2 aromatic carbocycles. The highest BCUT2D eigenvalue weighted by atomic mass is 16.3. The van der Waals surface area contributed by atoms with Gasteiger partial charge >= 0.3 is 0 Å². The van der Waals surface area contributed by atoms with Crippen molar-refractivity contribution in [1.82, 2.24) is 9.80 Å². The van der Waals surface area contributed by atoms with Gasteiger partial charge in [-0.15, -0.1) is 0 Å². The fourth-order valence-electron chi connectivity index (χ4n) is 4.83. The van der Waals surface area contributed by atoms with Crippen LogP contribution in [-0.4, -0.2) is 59.8 Å². The van der Waals surface area contributed by atoms with Crippen LogP contribution in [0.1, 0.15) is 48.8 Å². The number of hydrogen-bond acceptors (Lipinski definition) is 4. The molecule has 0 spiro atoms. The number of phenols is 2. The third-order valence-electron chi connectivity index (χ3n) is 6.69. The first-order chi connectivity index (χ1) is 14.4. The van der Waals surface area contributed by atoms with Crippen molar-refractivity contribution >= 4 is 0 Å². The van der Waals surface area contributed by atoms with Gasteiger partial charge in [0, 0.05) is 6.54 Å². The first kappa shape index (κ1) is 22.6. The fourth-order valence-corrected chi connectivity index (χ4v) is 4.83. The molecular weight excluding hydrogens is 372 g/mol. The first-order valence-electron chi connectivity index (χ1n) is 11.4. The third kappa shape index (κ3) is 6.23. The van der Waals surface area contributed by atoms with E-state index in [4.69, 9.17) is 0 Å². The normalized spacial score (nSPS) is 20.0. The van der Waals surface area contributed by atoms with Gasteiger partial charge in [0.05, 0.1) is 0 Å². The summed E-state index contributed by atoms with van der Waals surface area (Å²) >= 11 is 0. The highest BCUT2D eigenvalue weighted by molar-refractivity contribution is 5.40. The molecule has 3 rings (SSSR count). The van der Waals surface area contributed by atoms with Crippen molar-refractivity contribution in [2.45, 2.75) is 45.4 Å². The molecule has 0 saturated carbocycles. The van der Waals surface area contributed by atoms with E-state index >= 15 is 0 Å². The number of hydrogen-bond donors (Lipinski definition) is 2. The van der Waals surface area contributed by atoms with Gasteiger partial charge in [-0.25, -0.2) is 0 Å². The van der Waals surface area contributed by atoms with Gasteiger partial charge in [-0.3, -0.25) is 0 Å². The molecule has 4 nitrogen and oxygen atoms in total. The van der Waals surface area contributed by atoms with Gasteiger partial charge in [-0.05, 0) is 113 Å². The van der Waals surface area contributed by atoms with Crippen LogP contribution in [-0.2, 0) is 6.42 Å². The molecular formula is C26H38N2O2. The molecule has 1 aliphatic heterocycles. The van der Waals surface area contributed by atoms with Crippen LogP contribution in [0.4, 0.5) is 0 Å². The largest absolute Gasteiger partial charge is 0.508 e. The summed E-state index contributed by atoms with van der Waals surface area (Å²) in [7, 11) is 2.22. The SMILES string of the molecule is Cc1c(O)cccc1[C@@H]1CCN(CCCN(C)CCCc2ccc(O)cc2)C[C@@H]1C. The van der Waals surface area contributed by atoms with Crippen LogP contribution in [0.15, 0.2) is 42.5 Å². The molecule has 0 aliphatic carbocycles. The zero-order chi connectivity index (χ0) is 21.5. The number of piperidine rings is 1. The molecule has 2 N–H and O–H groups in total. The molecule has 1 fully saturated rings. The van der Waals surface area contributed by atoms with Crippen LogP contribution in [0.3, 0.4) is 0 Å². The summed E-state index contributed by atoms with van der Waals surface area (Å²) in [5.74, 6) is 1.93. The number of aromatic hydroxyl groups is 2. The molecule has 1 aliphatic rings. The van der Waals surface area contributed by atoms with Crippen molar-refractivity contribution < 1.29 is 10.2 Å². The Kier molecular flexibility index (Phi) is 8.17. The van der Waals surface area contributed by atoms with Crippen LogP contribution in [0.5, 0.6) is 11.5 Å². The lowest BCUT2D eigenvalue weighted by Gasteiger charge is -2.38. The van der Waals surface area contributed by atoms with Gasteiger partial charge < -0.3 is 20.0 Å². The van der Waals surface area contributed by atoms with E-state index in [9.17, 15) is 10.2 Å². The van der Waals surface area contributed by atoms with E-state index in [2.05, 4.69) is 29.8 Å². The first-order valence-corrected chi connectivity index (χ1v) is 11.4. The second-order valence-electron chi connectivity index (χ2n) is 9.09. The van der Waals surface area contributed by atoms with Crippen LogP contribution in [0, 0.1) is 12.8 Å². The number of likely N-dealkylation sites (tertiary alicyclic amines) is 1. The van der Waals surface area contributed by atoms with E-state index in [1.807, 2.05) is 25.1 Å². The predicted octanol–water partition coefficient (Wildman–Crippen LogP) is 4.79. The Morgan fingerprint density at radius 1 is 1.03 bits per heavy atom. The van der Waals surface area contributed by atoms with Crippen LogP contribution >= 0.6 is 0 Å². The lowest BCUT2D eigenvalue weighted by atomic mass is 9.79. The summed E-state index contributed by atoms with van der Waals surface area (Å²) in [6.07, 6.45) is 4.59. The quantitative estimate of drug-likeness (QED) is 0.624. The molecule has 1 heterocycles. The molecule has 0 bridgehead atoms. The average Bonchev–Trinajstić information content (AvgIpc) is 2.72. The number of benzene rings is 2. The van der Waals surface area contributed by atoms with Gasteiger partial charge in [-0.2, -0.15) is 0 Å². The molecule has 1 saturated heterocycles. The van der Waals surface area contributed by atoms with Gasteiger partial charge in [0.2, 0.25) is 0 Å². The van der Waals surface area contributed by atoms with Crippen molar-refractivity contribution in [2.24, 2.45) is 5.92 Å². The maximum atomic E-state index is 10.0. The van der Waals surface area contributed by atoms with E-state index in [1.165, 1.54) is 30.5 Å². The van der Waals surface area contributed by atoms with E-state index < -0.39 is 0 Å². The molecule has 30 heavy (non-hydrogen) atoms. The van der Waals surface area contributed by atoms with Crippen molar-refractivity contribution in [3.05, 3.63) is 59.2 Å². The predicted molar refractivity (Wildman–Crippen MR) is 124 cm³/mol. The summed E-state index contributed by atoms with van der Waals surface area (Å²) in [6.45, 7) is 10.1. The van der Waals surface area contributed by atoms with Crippen molar-refractivity contribution in [3.8, 4) is 11.5 Å². The second kappa shape index (κ2) is 10.8. The fraction of sp³-hybridized carbons (Fsp3) is 0.538. The number of aryl methyl sites for hydroxylation is 1. The molecule has 4 heteroatoms. The van der Waals surface area contributed by atoms with Crippen molar-refractivity contribution in [2.75, 3.05) is 39.8 Å². The summed E-state index contributed by atoms with van der Waals surface area (Å²) < 4.78 is 0. The van der Waals surface area contributed by atoms with Gasteiger partial charge in [0.15, 0.2) is 0 Å². The Balaban J connectivity index is 1.35. The van der Waals surface area contributed by atoms with E-state index in [-0.39, 0.29) is 0 Å². The minimum Gasteiger partial charge on any atom is -0.508 e. The van der Waals surface area contributed by atoms with Crippen molar-refractivity contribution in [3.63, 3.8) is 0 Å². The smallest absolute Gasteiger partial charge is 0.118 e. The molecule has 0 unspecified atom stereocenters. The molecule has 0 radical (unpaired) electrons. The summed E-state index contributed by atoms with van der Waals surface area (Å²) in [4.78, 5) is 5.05. The number of phenolic OH excluding ortho intramolecular Hbond substituents is 2. The molecule has 2 atom stereocenters. The number of rotatable bonds is 9. The highest BCUT2D eigenvalue weighted by Gasteiger charge is 2.28. The number of nitrogens with zero attached hydrogens (tertiary/aromatic N) is 2. The van der Waals surface area contributed by atoms with Gasteiger partial charge in [-0.1, -0.05) is 31.2 Å². The Bertz CT molecular complexity index is 790. The Morgan fingerprint density at radius 2 is 1.77 bits per heavy atom. The average molecular weight is 411 g/mol. The standard InChI is InChI=1S/C26H38N2O2/c1-20-19-28(18-14-24(20)25-8-4-9-26(30)21(25)2)17-6-16-27(3)15-5-7-22-10-12-23(29)13-11-22/h4,8-13,20,24,29-30H,5-7,14-19H2,1-3H3/t20-,24+/m0/s1. The zero-order valence-electron chi connectivity index (χ0n) is 18.8. The highest BCUT2D eigenvalue weighted by Crippen LogP contribution is 2.36. The maximum Gasteiger partial charge on any atom is 0.118 e. The molecule has 0 aromatic heterocycles. The third-order valence-corrected chi connectivity index (χ3v) is 6.69. The Labute approximate surface area is 182 Å². The topological polar surface area (TPSA) is 46.9 Å². The summed E-state index contributed by atoms with van der Waals surface area (Å²) in [5, 5.41) is 19.4. The van der Waals surface area contributed by atoms with E-state index in [0.717, 1.165) is 44.6 Å². The van der Waals surface area contributed by atoms with E-state index in [0.29, 0.717) is 23.3 Å². The minimum atomic E-state index is 0.339. The molecule has 0 amide bonds. The zero-order valence-corrected chi connectivity index (χ0v) is 18.8.